The minimum Gasteiger partial charge on any atom is -0.321 e. The first-order chi connectivity index (χ1) is 9.29. The van der Waals surface area contributed by atoms with Crippen LogP contribution in [0.15, 0.2) is 48.5 Å². The number of nitrogens with zero attached hydrogens (tertiary/aromatic N) is 2. The molecule has 4 rings (SSSR count). The van der Waals surface area contributed by atoms with Crippen LogP contribution >= 0.6 is 0 Å². The number of rotatable bonds is 0. The molecule has 0 N–H and O–H groups in total. The quantitative estimate of drug-likeness (QED) is 0.669. The van der Waals surface area contributed by atoms with Gasteiger partial charge in [0.25, 0.3) is 0 Å². The summed E-state index contributed by atoms with van der Waals surface area (Å²) in [4.78, 5) is 0. The molecule has 1 fully saturated rings. The van der Waals surface area contributed by atoms with Gasteiger partial charge in [0.05, 0.1) is 0 Å². The predicted molar refractivity (Wildman–Crippen MR) is 67.5 cm³/mol. The van der Waals surface area contributed by atoms with Crippen molar-refractivity contribution in [2.24, 2.45) is 0 Å². The van der Waals surface area contributed by atoms with Crippen LogP contribution in [0.1, 0.15) is 11.1 Å². The van der Waals surface area contributed by atoms with Crippen LogP contribution in [0.25, 0.3) is 11.1 Å². The summed E-state index contributed by atoms with van der Waals surface area (Å²) in [6.07, 6.45) is 0. The lowest BCUT2D eigenvalue weighted by Crippen LogP contribution is -2.25. The van der Waals surface area contributed by atoms with E-state index in [-0.39, 0.29) is 0 Å². The van der Waals surface area contributed by atoms with Gasteiger partial charge in [-0.3, -0.25) is 0 Å². The Balaban J connectivity index is 2.17. The first kappa shape index (κ1) is 10.3. The van der Waals surface area contributed by atoms with Crippen molar-refractivity contribution >= 4 is 0 Å². The molecule has 0 saturated carbocycles. The fourth-order valence-corrected chi connectivity index (χ4v) is 3.07. The molecule has 0 amide bonds. The molecular weight excluding hydrogens is 236 g/mol. The number of hydrogen-bond acceptors (Lipinski definition) is 3. The minimum atomic E-state index is -1.15. The van der Waals surface area contributed by atoms with E-state index in [1.807, 2.05) is 48.5 Å². The number of epoxide rings is 1. The maximum atomic E-state index is 9.53. The molecule has 0 radical (unpaired) electrons. The third-order valence-electron chi connectivity index (χ3n) is 3.98. The summed E-state index contributed by atoms with van der Waals surface area (Å²) >= 11 is 0. The highest BCUT2D eigenvalue weighted by molar-refractivity contribution is 5.81. The number of ether oxygens (including phenoxy) is 1. The van der Waals surface area contributed by atoms with Crippen LogP contribution in [-0.4, -0.2) is 0 Å². The van der Waals surface area contributed by atoms with Crippen molar-refractivity contribution in [2.75, 3.05) is 0 Å². The van der Waals surface area contributed by atoms with Gasteiger partial charge in [-0.1, -0.05) is 48.5 Å². The summed E-state index contributed by atoms with van der Waals surface area (Å²) in [5.41, 5.74) is 1.24. The molecule has 1 aliphatic heterocycles. The molecule has 2 aromatic rings. The van der Waals surface area contributed by atoms with Crippen molar-refractivity contribution in [1.82, 2.24) is 0 Å². The Hall–Kier alpha value is -2.62. The van der Waals surface area contributed by atoms with E-state index in [0.717, 1.165) is 22.3 Å². The second-order valence-corrected chi connectivity index (χ2v) is 4.78. The number of benzene rings is 2. The first-order valence-corrected chi connectivity index (χ1v) is 6.01. The number of fused-ring (bicyclic) bond motifs is 6. The Morgan fingerprint density at radius 1 is 0.737 bits per heavy atom. The fraction of sp³-hybridized carbons (Fsp3) is 0.125. The van der Waals surface area contributed by atoms with Crippen molar-refractivity contribution in [3.8, 4) is 23.3 Å². The molecule has 2 atom stereocenters. The maximum absolute atomic E-state index is 9.53. The Labute approximate surface area is 110 Å². The zero-order chi connectivity index (χ0) is 13.1. The maximum Gasteiger partial charge on any atom is 0.229 e. The van der Waals surface area contributed by atoms with Crippen molar-refractivity contribution in [3.05, 3.63) is 59.7 Å². The van der Waals surface area contributed by atoms with Gasteiger partial charge in [-0.15, -0.1) is 0 Å². The van der Waals surface area contributed by atoms with Crippen molar-refractivity contribution in [1.29, 1.82) is 10.5 Å². The third-order valence-corrected chi connectivity index (χ3v) is 3.98. The van der Waals surface area contributed by atoms with E-state index in [9.17, 15) is 10.5 Å². The van der Waals surface area contributed by atoms with E-state index >= 15 is 0 Å². The molecule has 19 heavy (non-hydrogen) atoms. The lowest BCUT2D eigenvalue weighted by molar-refractivity contribution is 0.317. The molecule has 0 bridgehead atoms. The van der Waals surface area contributed by atoms with Gasteiger partial charge >= 0.3 is 0 Å². The molecular formula is C16H8N2O. The van der Waals surface area contributed by atoms with Crippen LogP contribution < -0.4 is 0 Å². The summed E-state index contributed by atoms with van der Waals surface area (Å²) in [6, 6.07) is 19.7. The van der Waals surface area contributed by atoms with Crippen molar-refractivity contribution < 1.29 is 4.74 Å². The van der Waals surface area contributed by atoms with Crippen LogP contribution in [0.3, 0.4) is 0 Å². The van der Waals surface area contributed by atoms with Gasteiger partial charge in [0.2, 0.25) is 11.2 Å². The van der Waals surface area contributed by atoms with Crippen LogP contribution in [0.5, 0.6) is 0 Å². The molecule has 1 saturated heterocycles. The summed E-state index contributed by atoms with van der Waals surface area (Å²) < 4.78 is 5.68. The van der Waals surface area contributed by atoms with Crippen LogP contribution in [-0.2, 0) is 15.9 Å². The van der Waals surface area contributed by atoms with Gasteiger partial charge in [-0.05, 0) is 11.1 Å². The topological polar surface area (TPSA) is 60.1 Å². The number of nitriles is 2. The first-order valence-electron chi connectivity index (χ1n) is 6.01. The van der Waals surface area contributed by atoms with E-state index < -0.39 is 11.2 Å². The van der Waals surface area contributed by atoms with Gasteiger partial charge in [-0.2, -0.15) is 10.5 Å². The van der Waals surface area contributed by atoms with Gasteiger partial charge in [0.1, 0.15) is 12.1 Å². The predicted octanol–water partition coefficient (Wildman–Crippen LogP) is 2.84. The van der Waals surface area contributed by atoms with E-state index in [0.29, 0.717) is 0 Å². The molecule has 2 aliphatic rings. The van der Waals surface area contributed by atoms with Crippen LogP contribution in [0, 0.1) is 22.7 Å². The Morgan fingerprint density at radius 2 is 1.16 bits per heavy atom. The molecule has 1 aliphatic carbocycles. The number of hydrogen-bond donors (Lipinski definition) is 0. The molecule has 3 nitrogen and oxygen atoms in total. The SMILES string of the molecule is N#CC12OC1(C#N)c1ccccc1-c1ccccc12. The summed E-state index contributed by atoms with van der Waals surface area (Å²) in [5.74, 6) is 0. The Bertz CT molecular complexity index is 731. The normalized spacial score (nSPS) is 29.2. The molecule has 0 spiro atoms. The zero-order valence-electron chi connectivity index (χ0n) is 9.92. The van der Waals surface area contributed by atoms with Crippen LogP contribution in [0.2, 0.25) is 0 Å². The van der Waals surface area contributed by atoms with E-state index in [1.54, 1.807) is 0 Å². The monoisotopic (exact) mass is 244 g/mol. The fourth-order valence-electron chi connectivity index (χ4n) is 3.07. The lowest BCUT2D eigenvalue weighted by Gasteiger charge is -2.22. The second-order valence-electron chi connectivity index (χ2n) is 4.78. The van der Waals surface area contributed by atoms with Crippen molar-refractivity contribution in [3.63, 3.8) is 0 Å². The standard InChI is InChI=1S/C16H8N2O/c17-9-15-13-7-3-1-5-11(13)12-6-2-4-8-14(12)16(15,10-18)19-15/h1-8H. The third kappa shape index (κ3) is 0.931. The molecule has 88 valence electrons. The second kappa shape index (κ2) is 3.03. The van der Waals surface area contributed by atoms with E-state index in [4.69, 9.17) is 4.74 Å². The summed E-state index contributed by atoms with van der Waals surface area (Å²) in [5, 5.41) is 19.1. The van der Waals surface area contributed by atoms with Gasteiger partial charge < -0.3 is 4.74 Å². The average molecular weight is 244 g/mol. The average Bonchev–Trinajstić information content (AvgIpc) is 3.19. The highest BCUT2D eigenvalue weighted by Crippen LogP contribution is 2.67. The highest BCUT2D eigenvalue weighted by atomic mass is 16.6. The zero-order valence-corrected chi connectivity index (χ0v) is 9.92. The Kier molecular flexibility index (Phi) is 1.65. The molecule has 2 unspecified atom stereocenters. The largest absolute Gasteiger partial charge is 0.321 e. The highest BCUT2D eigenvalue weighted by Gasteiger charge is 2.77. The Morgan fingerprint density at radius 3 is 1.58 bits per heavy atom. The minimum absolute atomic E-state index is 0.790. The molecule has 2 aromatic carbocycles. The van der Waals surface area contributed by atoms with E-state index in [1.165, 1.54) is 0 Å². The van der Waals surface area contributed by atoms with E-state index in [2.05, 4.69) is 12.1 Å². The summed E-state index contributed by atoms with van der Waals surface area (Å²) in [7, 11) is 0. The van der Waals surface area contributed by atoms with Gasteiger partial charge in [0, 0.05) is 11.1 Å². The van der Waals surface area contributed by atoms with Gasteiger partial charge in [0.15, 0.2) is 0 Å². The van der Waals surface area contributed by atoms with Crippen LogP contribution in [0.4, 0.5) is 0 Å². The van der Waals surface area contributed by atoms with Crippen molar-refractivity contribution in [2.45, 2.75) is 11.2 Å². The lowest BCUT2D eigenvalue weighted by atomic mass is 9.73. The molecule has 1 heterocycles. The molecule has 3 heteroatoms. The smallest absolute Gasteiger partial charge is 0.229 e. The summed E-state index contributed by atoms with van der Waals surface area (Å²) in [6.45, 7) is 0. The van der Waals surface area contributed by atoms with Gasteiger partial charge in [-0.25, -0.2) is 0 Å². The molecule has 0 aromatic heterocycles.